The van der Waals surface area contributed by atoms with Crippen LogP contribution in [-0.2, 0) is 20.9 Å². The minimum Gasteiger partial charge on any atom is -0.352 e. The molecule has 1 N–H and O–H groups in total. The van der Waals surface area contributed by atoms with Crippen molar-refractivity contribution in [3.05, 3.63) is 42.2 Å². The lowest BCUT2D eigenvalue weighted by molar-refractivity contribution is -0.141. The summed E-state index contributed by atoms with van der Waals surface area (Å²) in [5.41, 5.74) is 0.913. The van der Waals surface area contributed by atoms with Gasteiger partial charge in [0.2, 0.25) is 17.7 Å². The van der Waals surface area contributed by atoms with Gasteiger partial charge in [-0.1, -0.05) is 18.2 Å². The zero-order valence-corrected chi connectivity index (χ0v) is 13.2. The molecule has 6 nitrogen and oxygen atoms in total. The number of hydrogen-bond acceptors (Lipinski definition) is 4. The van der Waals surface area contributed by atoms with E-state index in [1.807, 2.05) is 12.1 Å². The molecule has 1 aromatic rings. The number of aromatic nitrogens is 1. The van der Waals surface area contributed by atoms with Gasteiger partial charge in [0.15, 0.2) is 0 Å². The van der Waals surface area contributed by atoms with Crippen molar-refractivity contribution in [3.63, 3.8) is 0 Å². The van der Waals surface area contributed by atoms with Gasteiger partial charge in [0.25, 0.3) is 0 Å². The summed E-state index contributed by atoms with van der Waals surface area (Å²) in [6, 6.07) is 3.69. The number of nitrogens with zero attached hydrogens (tertiary/aromatic N) is 2. The van der Waals surface area contributed by atoms with E-state index in [0.29, 0.717) is 6.54 Å². The number of amides is 3. The monoisotopic (exact) mass is 325 g/mol. The molecule has 2 bridgehead atoms. The summed E-state index contributed by atoms with van der Waals surface area (Å²) < 4.78 is 0. The van der Waals surface area contributed by atoms with Crippen LogP contribution in [0.2, 0.25) is 0 Å². The maximum Gasteiger partial charge on any atom is 0.233 e. The predicted molar refractivity (Wildman–Crippen MR) is 85.1 cm³/mol. The smallest absolute Gasteiger partial charge is 0.233 e. The van der Waals surface area contributed by atoms with Gasteiger partial charge in [-0.3, -0.25) is 24.3 Å². The lowest BCUT2D eigenvalue weighted by atomic mass is 9.85. The minimum atomic E-state index is -0.189. The number of allylic oxidation sites excluding steroid dienone is 2. The van der Waals surface area contributed by atoms with Crippen molar-refractivity contribution in [1.82, 2.24) is 15.2 Å². The molecule has 4 rings (SSSR count). The van der Waals surface area contributed by atoms with Gasteiger partial charge in [-0.25, -0.2) is 0 Å². The number of carbonyl (C=O) groups is 3. The van der Waals surface area contributed by atoms with Crippen molar-refractivity contribution in [2.45, 2.75) is 19.4 Å². The maximum absolute atomic E-state index is 12.5. The van der Waals surface area contributed by atoms with Gasteiger partial charge in [0, 0.05) is 31.9 Å². The normalized spacial score (nSPS) is 30.1. The number of hydrogen-bond donors (Lipinski definition) is 1. The van der Waals surface area contributed by atoms with Gasteiger partial charge in [0.05, 0.1) is 11.8 Å². The second-order valence-electron chi connectivity index (χ2n) is 6.72. The van der Waals surface area contributed by atoms with Crippen molar-refractivity contribution in [2.75, 3.05) is 6.54 Å². The lowest BCUT2D eigenvalue weighted by Gasteiger charge is -2.16. The molecule has 4 atom stereocenters. The Kier molecular flexibility index (Phi) is 3.67. The van der Waals surface area contributed by atoms with Gasteiger partial charge >= 0.3 is 0 Å². The number of fused-ring (bicyclic) bond motifs is 5. The van der Waals surface area contributed by atoms with Crippen molar-refractivity contribution in [1.29, 1.82) is 0 Å². The first-order valence-corrected chi connectivity index (χ1v) is 8.34. The number of carbonyl (C=O) groups excluding carboxylic acids is 3. The Morgan fingerprint density at radius 2 is 1.92 bits per heavy atom. The van der Waals surface area contributed by atoms with E-state index in [1.54, 1.807) is 12.4 Å². The molecule has 0 unspecified atom stereocenters. The standard InChI is InChI=1S/C18H19N3O3/c22-14(20-10-11-2-1-6-19-9-11)5-7-21-17(23)15-12-3-4-13(8-12)16(15)18(21)24/h1-4,6,9,12-13,15-16H,5,7-8,10H2,(H,20,22)/t12-,13-,15-,16-/m0/s1. The molecule has 3 aliphatic rings. The molecule has 24 heavy (non-hydrogen) atoms. The third-order valence-electron chi connectivity index (χ3n) is 5.34. The second-order valence-corrected chi connectivity index (χ2v) is 6.72. The number of nitrogens with one attached hydrogen (secondary N) is 1. The van der Waals surface area contributed by atoms with E-state index in [9.17, 15) is 14.4 Å². The molecule has 1 aliphatic heterocycles. The van der Waals surface area contributed by atoms with Crippen LogP contribution in [0, 0.1) is 23.7 Å². The molecule has 0 spiro atoms. The molecule has 1 saturated heterocycles. The van der Waals surface area contributed by atoms with Crippen LogP contribution in [0.4, 0.5) is 0 Å². The van der Waals surface area contributed by atoms with Gasteiger partial charge < -0.3 is 5.32 Å². The summed E-state index contributed by atoms with van der Waals surface area (Å²) in [4.78, 5) is 42.3. The zero-order valence-electron chi connectivity index (χ0n) is 13.2. The molecule has 2 heterocycles. The highest BCUT2D eigenvalue weighted by molar-refractivity contribution is 6.06. The highest BCUT2D eigenvalue weighted by atomic mass is 16.2. The lowest BCUT2D eigenvalue weighted by Crippen LogP contribution is -2.36. The number of likely N-dealkylation sites (tertiary alicyclic amines) is 1. The molecule has 0 aromatic carbocycles. The molecular weight excluding hydrogens is 306 g/mol. The summed E-state index contributed by atoms with van der Waals surface area (Å²) in [7, 11) is 0. The molecular formula is C18H19N3O3. The topological polar surface area (TPSA) is 79.4 Å². The summed E-state index contributed by atoms with van der Waals surface area (Å²) in [5.74, 6) is -0.319. The van der Waals surface area contributed by atoms with E-state index < -0.39 is 0 Å². The first kappa shape index (κ1) is 15.1. The van der Waals surface area contributed by atoms with Crippen molar-refractivity contribution in [2.24, 2.45) is 23.7 Å². The predicted octanol–water partition coefficient (Wildman–Crippen LogP) is 0.895. The Labute approximate surface area is 139 Å². The van der Waals surface area contributed by atoms with E-state index >= 15 is 0 Å². The van der Waals surface area contributed by atoms with E-state index in [1.165, 1.54) is 4.90 Å². The van der Waals surface area contributed by atoms with Crippen molar-refractivity contribution in [3.8, 4) is 0 Å². The van der Waals surface area contributed by atoms with Crippen LogP contribution < -0.4 is 5.32 Å². The first-order valence-electron chi connectivity index (χ1n) is 8.34. The molecule has 0 radical (unpaired) electrons. The number of imide groups is 1. The Balaban J connectivity index is 1.31. The minimum absolute atomic E-state index is 0.0955. The summed E-state index contributed by atoms with van der Waals surface area (Å²) >= 11 is 0. The molecule has 1 saturated carbocycles. The van der Waals surface area contributed by atoms with Crippen LogP contribution in [-0.4, -0.2) is 34.2 Å². The summed E-state index contributed by atoms with van der Waals surface area (Å²) in [5, 5.41) is 2.79. The fourth-order valence-corrected chi connectivity index (χ4v) is 4.19. The highest BCUT2D eigenvalue weighted by Crippen LogP contribution is 2.52. The van der Waals surface area contributed by atoms with Crippen LogP contribution >= 0.6 is 0 Å². The van der Waals surface area contributed by atoms with Crippen LogP contribution in [0.1, 0.15) is 18.4 Å². The van der Waals surface area contributed by atoms with E-state index in [4.69, 9.17) is 0 Å². The summed E-state index contributed by atoms with van der Waals surface area (Å²) in [6.07, 6.45) is 8.57. The number of rotatable bonds is 5. The maximum atomic E-state index is 12.5. The molecule has 2 aliphatic carbocycles. The Morgan fingerprint density at radius 1 is 1.21 bits per heavy atom. The third-order valence-corrected chi connectivity index (χ3v) is 5.34. The highest BCUT2D eigenvalue weighted by Gasteiger charge is 2.58. The largest absolute Gasteiger partial charge is 0.352 e. The van der Waals surface area contributed by atoms with Gasteiger partial charge in [-0.2, -0.15) is 0 Å². The quantitative estimate of drug-likeness (QED) is 0.644. The fraction of sp³-hybridized carbons (Fsp3) is 0.444. The zero-order chi connectivity index (χ0) is 16.7. The molecule has 1 aromatic heterocycles. The van der Waals surface area contributed by atoms with Crippen molar-refractivity contribution >= 4 is 17.7 Å². The average molecular weight is 325 g/mol. The van der Waals surface area contributed by atoms with E-state index in [2.05, 4.69) is 22.5 Å². The van der Waals surface area contributed by atoms with Crippen LogP contribution in [0.5, 0.6) is 0 Å². The second kappa shape index (κ2) is 5.85. The SMILES string of the molecule is O=C(CCN1C(=O)[C@@H]2[C@@H](C1=O)[C@H]1C=C[C@H]2C1)NCc1cccnc1. The Hall–Kier alpha value is -2.50. The van der Waals surface area contributed by atoms with E-state index in [-0.39, 0.29) is 54.4 Å². The van der Waals surface area contributed by atoms with Gasteiger partial charge in [0.1, 0.15) is 0 Å². The van der Waals surface area contributed by atoms with Crippen molar-refractivity contribution < 1.29 is 14.4 Å². The third kappa shape index (κ3) is 2.42. The summed E-state index contributed by atoms with van der Waals surface area (Å²) in [6.45, 7) is 0.566. The van der Waals surface area contributed by atoms with Crippen LogP contribution in [0.15, 0.2) is 36.7 Å². The van der Waals surface area contributed by atoms with Gasteiger partial charge in [-0.15, -0.1) is 0 Å². The molecule has 6 heteroatoms. The average Bonchev–Trinajstić information content (AvgIpc) is 3.27. The first-order chi connectivity index (χ1) is 11.6. The van der Waals surface area contributed by atoms with E-state index in [0.717, 1.165) is 12.0 Å². The molecule has 3 amide bonds. The van der Waals surface area contributed by atoms with Crippen LogP contribution in [0.25, 0.3) is 0 Å². The fourth-order valence-electron chi connectivity index (χ4n) is 4.19. The molecule has 124 valence electrons. The number of pyridine rings is 1. The Morgan fingerprint density at radius 3 is 2.54 bits per heavy atom. The van der Waals surface area contributed by atoms with Crippen LogP contribution in [0.3, 0.4) is 0 Å². The molecule has 2 fully saturated rings. The van der Waals surface area contributed by atoms with Gasteiger partial charge in [-0.05, 0) is 29.9 Å². The Bertz CT molecular complexity index is 685.